The maximum Gasteiger partial charge on any atom is 0.416 e. The highest BCUT2D eigenvalue weighted by atomic mass is 19.4. The molecule has 10 nitrogen and oxygen atoms in total. The lowest BCUT2D eigenvalue weighted by Crippen LogP contribution is -2.42. The number of hydrogen-bond acceptors (Lipinski definition) is 8. The third-order valence-corrected chi connectivity index (χ3v) is 11.3. The zero-order valence-electron chi connectivity index (χ0n) is 29.3. The van der Waals surface area contributed by atoms with Gasteiger partial charge < -0.3 is 20.1 Å². The van der Waals surface area contributed by atoms with Gasteiger partial charge in [-0.25, -0.2) is 0 Å². The highest BCUT2D eigenvalue weighted by molar-refractivity contribution is 6.03. The van der Waals surface area contributed by atoms with E-state index in [2.05, 4.69) is 20.8 Å². The molecule has 0 fully saturated rings. The lowest BCUT2D eigenvalue weighted by molar-refractivity contribution is -0.138. The van der Waals surface area contributed by atoms with E-state index in [9.17, 15) is 22.8 Å². The molecule has 5 aliphatic rings. The van der Waals surface area contributed by atoms with Crippen LogP contribution in [-0.4, -0.2) is 38.3 Å². The smallest absolute Gasteiger partial charge is 0.416 e. The summed E-state index contributed by atoms with van der Waals surface area (Å²) in [7, 11) is 0. The van der Waals surface area contributed by atoms with Crippen LogP contribution >= 0.6 is 0 Å². The normalized spacial score (nSPS) is 24.5. The topological polar surface area (TPSA) is 123 Å². The number of nitrogens with zero attached hydrogens (tertiary/aromatic N) is 3. The summed E-state index contributed by atoms with van der Waals surface area (Å²) in [5, 5.41) is 19.5. The highest BCUT2D eigenvalue weighted by Gasteiger charge is 2.49. The van der Waals surface area contributed by atoms with Gasteiger partial charge in [0.1, 0.15) is 0 Å². The fourth-order valence-electron chi connectivity index (χ4n) is 9.21. The van der Waals surface area contributed by atoms with Gasteiger partial charge in [0.2, 0.25) is 6.79 Å². The van der Waals surface area contributed by atoms with Crippen molar-refractivity contribution in [3.8, 4) is 11.5 Å². The number of H-pyrrole nitrogens is 1. The number of anilines is 2. The van der Waals surface area contributed by atoms with E-state index < -0.39 is 29.1 Å². The lowest BCUT2D eigenvalue weighted by atomic mass is 9.68. The monoisotopic (exact) mass is 710 g/mol. The maximum atomic E-state index is 14.6. The van der Waals surface area contributed by atoms with Gasteiger partial charge in [-0.3, -0.25) is 19.4 Å². The van der Waals surface area contributed by atoms with Gasteiger partial charge in [0.05, 0.1) is 11.1 Å². The van der Waals surface area contributed by atoms with E-state index in [0.29, 0.717) is 69.8 Å². The van der Waals surface area contributed by atoms with Crippen LogP contribution in [-0.2, 0) is 21.3 Å². The molecule has 5 heterocycles. The molecule has 2 aromatic heterocycles. The molecule has 3 N–H and O–H groups in total. The number of Topliss-reactive ketones (excluding diaryl/α,β-unsaturated/α-hetero) is 2. The van der Waals surface area contributed by atoms with Crippen molar-refractivity contribution in [2.24, 2.45) is 5.41 Å². The molecule has 9 rings (SSSR count). The number of benzene rings is 2. The van der Waals surface area contributed by atoms with E-state index in [1.807, 2.05) is 52.8 Å². The average Bonchev–Trinajstić information content (AvgIpc) is 3.78. The van der Waals surface area contributed by atoms with Crippen LogP contribution < -0.4 is 20.1 Å². The second-order valence-electron chi connectivity index (χ2n) is 15.7. The number of aryl methyl sites for hydroxylation is 1. The minimum absolute atomic E-state index is 0.0118. The summed E-state index contributed by atoms with van der Waals surface area (Å²) in [6.45, 7) is 9.78. The summed E-state index contributed by atoms with van der Waals surface area (Å²) < 4.78 is 56.8. The third kappa shape index (κ3) is 4.77. The molecular formula is C39H37F3N6O4. The van der Waals surface area contributed by atoms with Gasteiger partial charge in [0.15, 0.2) is 34.7 Å². The van der Waals surface area contributed by atoms with Crippen LogP contribution in [0.4, 0.5) is 24.8 Å². The number of nitrogens with one attached hydrogen (secondary N) is 3. The lowest BCUT2D eigenvalue weighted by Gasteiger charge is -2.40. The molecule has 3 unspecified atom stereocenters. The highest BCUT2D eigenvalue weighted by Crippen LogP contribution is 2.54. The van der Waals surface area contributed by atoms with Crippen LogP contribution in [0.2, 0.25) is 0 Å². The molecule has 0 saturated heterocycles. The zero-order chi connectivity index (χ0) is 36.5. The number of allylic oxidation sites excluding steroid dienone is 4. The van der Waals surface area contributed by atoms with Gasteiger partial charge in [-0.05, 0) is 61.9 Å². The van der Waals surface area contributed by atoms with Gasteiger partial charge in [0, 0.05) is 76.2 Å². The molecule has 2 aromatic carbocycles. The Morgan fingerprint density at radius 2 is 1.52 bits per heavy atom. The molecule has 2 aliphatic carbocycles. The quantitative estimate of drug-likeness (QED) is 0.197. The predicted octanol–water partition coefficient (Wildman–Crippen LogP) is 7.76. The van der Waals surface area contributed by atoms with Crippen molar-refractivity contribution in [1.82, 2.24) is 20.0 Å². The Balaban J connectivity index is 1.18. The molecule has 0 saturated carbocycles. The first-order valence-corrected chi connectivity index (χ1v) is 17.4. The second-order valence-corrected chi connectivity index (χ2v) is 15.7. The fourth-order valence-corrected chi connectivity index (χ4v) is 9.21. The third-order valence-electron chi connectivity index (χ3n) is 11.3. The Hall–Kier alpha value is -5.33. The van der Waals surface area contributed by atoms with E-state index in [1.54, 1.807) is 10.7 Å². The Morgan fingerprint density at radius 1 is 0.827 bits per heavy atom. The molecular weight excluding hydrogens is 673 g/mol. The Kier molecular flexibility index (Phi) is 6.79. The summed E-state index contributed by atoms with van der Waals surface area (Å²) in [6.07, 6.45) is -3.49. The van der Waals surface area contributed by atoms with Crippen molar-refractivity contribution >= 4 is 23.2 Å². The van der Waals surface area contributed by atoms with Crippen molar-refractivity contribution < 1.29 is 32.2 Å². The number of halogens is 3. The Labute approximate surface area is 297 Å². The molecule has 4 aromatic rings. The zero-order valence-corrected chi connectivity index (χ0v) is 29.3. The van der Waals surface area contributed by atoms with Gasteiger partial charge in [-0.2, -0.15) is 23.4 Å². The Bertz CT molecular complexity index is 2310. The minimum atomic E-state index is -4.64. The van der Waals surface area contributed by atoms with Crippen LogP contribution in [0.1, 0.15) is 97.5 Å². The largest absolute Gasteiger partial charge is 0.454 e. The number of alkyl halides is 3. The second kappa shape index (κ2) is 10.8. The number of ether oxygens (including phenoxy) is 2. The molecule has 13 heteroatoms. The number of rotatable bonds is 3. The van der Waals surface area contributed by atoms with E-state index >= 15 is 0 Å². The Morgan fingerprint density at radius 3 is 2.31 bits per heavy atom. The number of aromatic nitrogens is 4. The molecule has 0 bridgehead atoms. The standard InChI is InChI=1S/C39H37F3N6O4/c1-18-29-31(20-10-11-27-28(12-20)52-17-51-27)33-24(43-35(29)46-45-18)14-38(5,16-26(33)50)48-19(2)30-32(21-8-6-7-9-22(21)39(40,41)42)34-23(44-36(30)47-48)13-37(3,4)15-25(34)49/h6-12,31-32H,13-17H2,1-5H3,(H,44,47)(H2,43,45,46). The molecule has 0 spiro atoms. The number of fused-ring (bicyclic) bond motifs is 3. The number of aromatic amines is 1. The van der Waals surface area contributed by atoms with E-state index in [1.165, 1.54) is 12.1 Å². The van der Waals surface area contributed by atoms with Crippen LogP contribution in [0, 0.1) is 19.3 Å². The SMILES string of the molecule is Cc1[nH]nc2c1C(c1ccc3c(c1)OCO3)C1=C(CC(C)(n3nc4c(c3C)C(c3ccccc3C(F)(F)F)C3=C(CC(C)(C)CC3=O)N4)CC1=O)N2. The van der Waals surface area contributed by atoms with E-state index in [0.717, 1.165) is 22.9 Å². The molecule has 0 radical (unpaired) electrons. The van der Waals surface area contributed by atoms with E-state index in [-0.39, 0.29) is 42.2 Å². The summed E-state index contributed by atoms with van der Waals surface area (Å²) in [5.74, 6) is 0.600. The first kappa shape index (κ1) is 32.6. The number of carbonyl (C=O) groups is 2. The summed E-state index contributed by atoms with van der Waals surface area (Å²) in [5.41, 5.74) is 3.88. The molecule has 52 heavy (non-hydrogen) atoms. The van der Waals surface area contributed by atoms with Crippen LogP contribution in [0.5, 0.6) is 11.5 Å². The first-order valence-electron chi connectivity index (χ1n) is 17.4. The minimum Gasteiger partial charge on any atom is -0.454 e. The number of ketones is 2. The van der Waals surface area contributed by atoms with Crippen LogP contribution in [0.3, 0.4) is 0 Å². The van der Waals surface area contributed by atoms with Crippen LogP contribution in [0.25, 0.3) is 0 Å². The van der Waals surface area contributed by atoms with Gasteiger partial charge in [-0.1, -0.05) is 38.1 Å². The average molecular weight is 711 g/mol. The van der Waals surface area contributed by atoms with Gasteiger partial charge in [0.25, 0.3) is 0 Å². The van der Waals surface area contributed by atoms with Gasteiger partial charge >= 0.3 is 6.18 Å². The van der Waals surface area contributed by atoms with Crippen molar-refractivity contribution in [3.05, 3.63) is 104 Å². The molecule has 268 valence electrons. The maximum absolute atomic E-state index is 14.6. The fraction of sp³-hybridized carbons (Fsp3) is 0.385. The van der Waals surface area contributed by atoms with Gasteiger partial charge in [-0.15, -0.1) is 0 Å². The van der Waals surface area contributed by atoms with Crippen molar-refractivity contribution in [3.63, 3.8) is 0 Å². The molecule has 3 aliphatic heterocycles. The summed E-state index contributed by atoms with van der Waals surface area (Å²) in [6, 6.07) is 11.2. The molecule has 0 amide bonds. The van der Waals surface area contributed by atoms with Crippen molar-refractivity contribution in [2.75, 3.05) is 17.4 Å². The summed E-state index contributed by atoms with van der Waals surface area (Å²) >= 11 is 0. The number of carbonyl (C=O) groups excluding carboxylic acids is 2. The van der Waals surface area contributed by atoms with Crippen molar-refractivity contribution in [1.29, 1.82) is 0 Å². The van der Waals surface area contributed by atoms with Crippen LogP contribution in [0.15, 0.2) is 65.0 Å². The first-order chi connectivity index (χ1) is 24.6. The number of hydrogen-bond donors (Lipinski definition) is 3. The van der Waals surface area contributed by atoms with E-state index in [4.69, 9.17) is 14.6 Å². The molecule has 3 atom stereocenters. The summed E-state index contributed by atoms with van der Waals surface area (Å²) in [4.78, 5) is 28.5. The van der Waals surface area contributed by atoms with Crippen molar-refractivity contribution in [2.45, 2.75) is 83.9 Å². The predicted molar refractivity (Wildman–Crippen MR) is 185 cm³/mol.